The molecule has 2 aromatic rings. The highest BCUT2D eigenvalue weighted by Gasteiger charge is 2.30. The van der Waals surface area contributed by atoms with Gasteiger partial charge in [0.05, 0.1) is 11.3 Å². The standard InChI is InChI=1S/C17H22F3N5O2S/c1-3-21-15-10-16(25-12(2)24-15)22-8-9-23-28(26,27)11-13-4-6-14(7-5-13)17(18,19)20/h4-7,10,23H,3,8-9,11H2,1-2H3,(H2,21,22,24,25). The van der Waals surface area contributed by atoms with E-state index in [1.165, 1.54) is 0 Å². The lowest BCUT2D eigenvalue weighted by Crippen LogP contribution is -2.30. The average Bonchev–Trinajstić information content (AvgIpc) is 2.58. The molecule has 0 aliphatic carbocycles. The Hall–Kier alpha value is -2.40. The molecule has 0 saturated carbocycles. The summed E-state index contributed by atoms with van der Waals surface area (Å²) in [5.74, 6) is 1.40. The highest BCUT2D eigenvalue weighted by atomic mass is 32.2. The zero-order chi connectivity index (χ0) is 20.8. The van der Waals surface area contributed by atoms with Gasteiger partial charge in [0.2, 0.25) is 10.0 Å². The molecule has 1 aromatic carbocycles. The van der Waals surface area contributed by atoms with Gasteiger partial charge in [0.25, 0.3) is 0 Å². The molecule has 0 saturated heterocycles. The maximum atomic E-state index is 12.5. The summed E-state index contributed by atoms with van der Waals surface area (Å²) in [7, 11) is -3.68. The van der Waals surface area contributed by atoms with Gasteiger partial charge in [-0.15, -0.1) is 0 Å². The van der Waals surface area contributed by atoms with Gasteiger partial charge in [-0.1, -0.05) is 12.1 Å². The van der Waals surface area contributed by atoms with Crippen LogP contribution < -0.4 is 15.4 Å². The van der Waals surface area contributed by atoms with Crippen LogP contribution in [0.25, 0.3) is 0 Å². The predicted molar refractivity (Wildman–Crippen MR) is 101 cm³/mol. The molecule has 0 spiro atoms. The second-order valence-corrected chi connectivity index (χ2v) is 7.80. The number of hydrogen-bond donors (Lipinski definition) is 3. The molecule has 0 amide bonds. The summed E-state index contributed by atoms with van der Waals surface area (Å²) in [4.78, 5) is 8.43. The molecule has 0 atom stereocenters. The third kappa shape index (κ3) is 6.97. The highest BCUT2D eigenvalue weighted by Crippen LogP contribution is 2.29. The number of anilines is 2. The van der Waals surface area contributed by atoms with Crippen LogP contribution in [-0.2, 0) is 22.0 Å². The summed E-state index contributed by atoms with van der Waals surface area (Å²) in [6, 6.07) is 5.77. The number of hydrogen-bond acceptors (Lipinski definition) is 6. The zero-order valence-corrected chi connectivity index (χ0v) is 16.3. The van der Waals surface area contributed by atoms with E-state index in [4.69, 9.17) is 0 Å². The van der Waals surface area contributed by atoms with Crippen LogP contribution >= 0.6 is 0 Å². The van der Waals surface area contributed by atoms with Gasteiger partial charge in [0, 0.05) is 25.7 Å². The molecule has 28 heavy (non-hydrogen) atoms. The van der Waals surface area contributed by atoms with Crippen molar-refractivity contribution in [3.8, 4) is 0 Å². The molecular weight excluding hydrogens is 395 g/mol. The fraction of sp³-hybridized carbons (Fsp3) is 0.412. The van der Waals surface area contributed by atoms with Crippen molar-refractivity contribution in [3.63, 3.8) is 0 Å². The van der Waals surface area contributed by atoms with Crippen molar-refractivity contribution in [2.75, 3.05) is 30.3 Å². The first-order valence-electron chi connectivity index (χ1n) is 8.56. The van der Waals surface area contributed by atoms with Crippen LogP contribution in [0.2, 0.25) is 0 Å². The highest BCUT2D eigenvalue weighted by molar-refractivity contribution is 7.88. The third-order valence-electron chi connectivity index (χ3n) is 3.59. The number of benzene rings is 1. The molecule has 3 N–H and O–H groups in total. The van der Waals surface area contributed by atoms with Gasteiger partial charge in [-0.05, 0) is 31.5 Å². The van der Waals surface area contributed by atoms with Crippen LogP contribution in [0.1, 0.15) is 23.9 Å². The van der Waals surface area contributed by atoms with E-state index < -0.39 is 27.5 Å². The largest absolute Gasteiger partial charge is 0.416 e. The van der Waals surface area contributed by atoms with Crippen LogP contribution in [0.15, 0.2) is 30.3 Å². The maximum Gasteiger partial charge on any atom is 0.416 e. The van der Waals surface area contributed by atoms with Crippen molar-refractivity contribution >= 4 is 21.7 Å². The normalized spacial score (nSPS) is 12.0. The van der Waals surface area contributed by atoms with E-state index >= 15 is 0 Å². The van der Waals surface area contributed by atoms with Crippen molar-refractivity contribution < 1.29 is 21.6 Å². The van der Waals surface area contributed by atoms with Crippen molar-refractivity contribution in [1.29, 1.82) is 0 Å². The number of aromatic nitrogens is 2. The Morgan fingerprint density at radius 3 is 2.18 bits per heavy atom. The number of rotatable bonds is 9. The summed E-state index contributed by atoms with van der Waals surface area (Å²) < 4.78 is 64.2. The molecule has 0 bridgehead atoms. The van der Waals surface area contributed by atoms with E-state index in [2.05, 4.69) is 25.3 Å². The van der Waals surface area contributed by atoms with E-state index in [9.17, 15) is 21.6 Å². The molecule has 1 heterocycles. The third-order valence-corrected chi connectivity index (χ3v) is 4.94. The zero-order valence-electron chi connectivity index (χ0n) is 15.5. The molecule has 1 aromatic heterocycles. The maximum absolute atomic E-state index is 12.5. The van der Waals surface area contributed by atoms with E-state index in [0.29, 0.717) is 24.0 Å². The summed E-state index contributed by atoms with van der Waals surface area (Å²) in [5, 5.41) is 6.07. The van der Waals surface area contributed by atoms with E-state index in [0.717, 1.165) is 24.3 Å². The van der Waals surface area contributed by atoms with Gasteiger partial charge in [-0.3, -0.25) is 0 Å². The number of nitrogens with zero attached hydrogens (tertiary/aromatic N) is 2. The van der Waals surface area contributed by atoms with Crippen LogP contribution in [0.3, 0.4) is 0 Å². The molecule has 0 fully saturated rings. The van der Waals surface area contributed by atoms with Crippen LogP contribution in [0.5, 0.6) is 0 Å². The topological polar surface area (TPSA) is 96.0 Å². The SMILES string of the molecule is CCNc1cc(NCCNS(=O)(=O)Cc2ccc(C(F)(F)F)cc2)nc(C)n1. The van der Waals surface area contributed by atoms with Gasteiger partial charge in [-0.2, -0.15) is 13.2 Å². The molecule has 7 nitrogen and oxygen atoms in total. The molecule has 2 rings (SSSR count). The predicted octanol–water partition coefficient (Wildman–Crippen LogP) is 2.77. The number of alkyl halides is 3. The van der Waals surface area contributed by atoms with Crippen molar-refractivity contribution in [1.82, 2.24) is 14.7 Å². The number of nitrogens with one attached hydrogen (secondary N) is 3. The van der Waals surface area contributed by atoms with E-state index in [1.54, 1.807) is 13.0 Å². The Morgan fingerprint density at radius 2 is 1.61 bits per heavy atom. The monoisotopic (exact) mass is 417 g/mol. The minimum Gasteiger partial charge on any atom is -0.370 e. The summed E-state index contributed by atoms with van der Waals surface area (Å²) in [5.41, 5.74) is -0.543. The quantitative estimate of drug-likeness (QED) is 0.543. The summed E-state index contributed by atoms with van der Waals surface area (Å²) in [6.45, 7) is 4.78. The first-order chi connectivity index (χ1) is 13.1. The van der Waals surface area contributed by atoms with Gasteiger partial charge in [0.15, 0.2) is 0 Å². The number of halogens is 3. The Morgan fingerprint density at radius 1 is 1.00 bits per heavy atom. The smallest absolute Gasteiger partial charge is 0.370 e. The first-order valence-corrected chi connectivity index (χ1v) is 10.2. The van der Waals surface area contributed by atoms with E-state index in [-0.39, 0.29) is 18.7 Å². The number of sulfonamides is 1. The molecule has 0 aliphatic rings. The molecule has 154 valence electrons. The van der Waals surface area contributed by atoms with Crippen LogP contribution in [-0.4, -0.2) is 38.0 Å². The molecule has 0 radical (unpaired) electrons. The Kier molecular flexibility index (Phi) is 7.19. The van der Waals surface area contributed by atoms with Crippen molar-refractivity contribution in [2.45, 2.75) is 25.8 Å². The van der Waals surface area contributed by atoms with Crippen molar-refractivity contribution in [2.24, 2.45) is 0 Å². The Bertz CT molecular complexity index is 887. The minimum atomic E-state index is -4.45. The summed E-state index contributed by atoms with van der Waals surface area (Å²) in [6.07, 6.45) is -4.45. The van der Waals surface area contributed by atoms with E-state index in [1.807, 2.05) is 6.92 Å². The lowest BCUT2D eigenvalue weighted by atomic mass is 10.1. The molecule has 11 heteroatoms. The fourth-order valence-corrected chi connectivity index (χ4v) is 3.53. The van der Waals surface area contributed by atoms with Gasteiger partial charge >= 0.3 is 6.18 Å². The first kappa shape index (κ1) is 21.9. The Balaban J connectivity index is 1.85. The molecule has 0 aliphatic heterocycles. The Labute approximate surface area is 161 Å². The molecular formula is C17H22F3N5O2S. The van der Waals surface area contributed by atoms with Gasteiger partial charge in [-0.25, -0.2) is 23.1 Å². The second-order valence-electron chi connectivity index (χ2n) is 5.99. The average molecular weight is 417 g/mol. The second kappa shape index (κ2) is 9.20. The fourth-order valence-electron chi connectivity index (χ4n) is 2.39. The lowest BCUT2D eigenvalue weighted by molar-refractivity contribution is -0.137. The van der Waals surface area contributed by atoms with Gasteiger partial charge in [0.1, 0.15) is 17.5 Å². The minimum absolute atomic E-state index is 0.0998. The summed E-state index contributed by atoms with van der Waals surface area (Å²) >= 11 is 0. The van der Waals surface area contributed by atoms with Crippen molar-refractivity contribution in [3.05, 3.63) is 47.3 Å². The molecule has 0 unspecified atom stereocenters. The van der Waals surface area contributed by atoms with Crippen LogP contribution in [0, 0.1) is 6.92 Å². The lowest BCUT2D eigenvalue weighted by Gasteiger charge is -2.11. The number of aryl methyl sites for hydroxylation is 1. The van der Waals surface area contributed by atoms with Crippen LogP contribution in [0.4, 0.5) is 24.8 Å². The van der Waals surface area contributed by atoms with Gasteiger partial charge < -0.3 is 10.6 Å².